The highest BCUT2D eigenvalue weighted by Crippen LogP contribution is 2.45. The summed E-state index contributed by atoms with van der Waals surface area (Å²) in [5.74, 6) is -0.514. The van der Waals surface area contributed by atoms with Gasteiger partial charge in [0.1, 0.15) is 5.69 Å². The average Bonchev–Trinajstić information content (AvgIpc) is 3.32. The molecule has 1 saturated carbocycles. The summed E-state index contributed by atoms with van der Waals surface area (Å²) in [5, 5.41) is 8.32. The Hall–Kier alpha value is -3.62. The zero-order valence-electron chi connectivity index (χ0n) is 19.5. The predicted octanol–water partition coefficient (Wildman–Crippen LogP) is 3.04. The van der Waals surface area contributed by atoms with Gasteiger partial charge in [0.25, 0.3) is 11.8 Å². The van der Waals surface area contributed by atoms with Crippen LogP contribution in [0.5, 0.6) is 0 Å². The van der Waals surface area contributed by atoms with E-state index in [0.29, 0.717) is 43.9 Å². The Morgan fingerprint density at radius 2 is 2.03 bits per heavy atom. The van der Waals surface area contributed by atoms with E-state index < -0.39 is 0 Å². The lowest BCUT2D eigenvalue weighted by atomic mass is 10.0. The molecule has 0 saturated heterocycles. The topological polar surface area (TPSA) is 111 Å². The number of nitrogens with one attached hydrogen (secondary N) is 2. The molecule has 2 aromatic heterocycles. The molecule has 2 N–H and O–H groups in total. The van der Waals surface area contributed by atoms with Gasteiger partial charge in [-0.1, -0.05) is 18.2 Å². The zero-order valence-corrected chi connectivity index (χ0v) is 19.5. The fraction of sp³-hybridized carbons (Fsp3) is 0.440. The maximum atomic E-state index is 13.4. The Morgan fingerprint density at radius 1 is 1.24 bits per heavy atom. The SMILES string of the molecule is CCOC(=O)CCC1(N(C)C(=O)c2n[nH]c3c2CN(C(=O)c2cc4ccccc4[nH]2)CC3)CC1. The molecule has 1 aliphatic heterocycles. The Balaban J connectivity index is 1.31. The van der Waals surface area contributed by atoms with Crippen LogP contribution in [-0.4, -0.2) is 68.5 Å². The standard InChI is InChI=1S/C25H29N5O4/c1-3-34-21(31)8-10-25(11-12-25)29(2)24(33)22-17-15-30(13-9-19(17)27-28-22)23(32)20-14-16-6-4-5-7-18(16)26-20/h4-7,14,26H,3,8-13,15H2,1-2H3,(H,27,28). The van der Waals surface area contributed by atoms with E-state index in [0.717, 1.165) is 35.0 Å². The molecule has 3 aromatic rings. The number of ether oxygens (including phenoxy) is 1. The van der Waals surface area contributed by atoms with Gasteiger partial charge in [-0.2, -0.15) is 5.10 Å². The van der Waals surface area contributed by atoms with E-state index >= 15 is 0 Å². The monoisotopic (exact) mass is 463 g/mol. The maximum absolute atomic E-state index is 13.4. The van der Waals surface area contributed by atoms with Crippen LogP contribution in [0.4, 0.5) is 0 Å². The van der Waals surface area contributed by atoms with Gasteiger partial charge in [-0.05, 0) is 38.3 Å². The molecule has 1 aromatic carbocycles. The number of nitrogens with zero attached hydrogens (tertiary/aromatic N) is 3. The number of amides is 2. The largest absolute Gasteiger partial charge is 0.466 e. The predicted molar refractivity (Wildman–Crippen MR) is 125 cm³/mol. The Kier molecular flexibility index (Phi) is 5.63. The van der Waals surface area contributed by atoms with Crippen LogP contribution in [0, 0.1) is 0 Å². The molecule has 9 heteroatoms. The lowest BCUT2D eigenvalue weighted by molar-refractivity contribution is -0.143. The van der Waals surface area contributed by atoms with Crippen molar-refractivity contribution in [2.45, 2.75) is 51.1 Å². The molecule has 0 spiro atoms. The van der Waals surface area contributed by atoms with E-state index in [1.54, 1.807) is 23.8 Å². The van der Waals surface area contributed by atoms with Crippen molar-refractivity contribution < 1.29 is 19.1 Å². The highest BCUT2D eigenvalue weighted by molar-refractivity contribution is 5.99. The minimum absolute atomic E-state index is 0.0945. The van der Waals surface area contributed by atoms with Gasteiger partial charge in [0, 0.05) is 54.1 Å². The first-order valence-corrected chi connectivity index (χ1v) is 11.8. The summed E-state index contributed by atoms with van der Waals surface area (Å²) in [7, 11) is 1.78. The average molecular weight is 464 g/mol. The quantitative estimate of drug-likeness (QED) is 0.523. The summed E-state index contributed by atoms with van der Waals surface area (Å²) in [4.78, 5) is 45.1. The molecule has 0 radical (unpaired) electrons. The maximum Gasteiger partial charge on any atom is 0.305 e. The lowest BCUT2D eigenvalue weighted by Crippen LogP contribution is -2.41. The second-order valence-electron chi connectivity index (χ2n) is 9.17. The van der Waals surface area contributed by atoms with Crippen molar-refractivity contribution in [2.24, 2.45) is 0 Å². The van der Waals surface area contributed by atoms with E-state index in [1.165, 1.54) is 0 Å². The second kappa shape index (κ2) is 8.62. The normalized spacial score (nSPS) is 16.2. The number of aromatic amines is 2. The minimum Gasteiger partial charge on any atom is -0.466 e. The highest BCUT2D eigenvalue weighted by atomic mass is 16.5. The number of hydrogen-bond donors (Lipinski definition) is 2. The minimum atomic E-state index is -0.329. The van der Waals surface area contributed by atoms with Crippen molar-refractivity contribution in [3.8, 4) is 0 Å². The smallest absolute Gasteiger partial charge is 0.305 e. The number of carbonyl (C=O) groups is 3. The van der Waals surface area contributed by atoms with Gasteiger partial charge in [-0.15, -0.1) is 0 Å². The van der Waals surface area contributed by atoms with Crippen molar-refractivity contribution >= 4 is 28.7 Å². The van der Waals surface area contributed by atoms with Crippen molar-refractivity contribution in [1.82, 2.24) is 25.0 Å². The first kappa shape index (κ1) is 22.2. The van der Waals surface area contributed by atoms with Crippen molar-refractivity contribution in [3.63, 3.8) is 0 Å². The van der Waals surface area contributed by atoms with Gasteiger partial charge in [-0.3, -0.25) is 19.5 Å². The van der Waals surface area contributed by atoms with E-state index in [2.05, 4.69) is 15.2 Å². The Bertz CT molecular complexity index is 1220. The van der Waals surface area contributed by atoms with Gasteiger partial charge in [0.15, 0.2) is 5.69 Å². The fourth-order valence-electron chi connectivity index (χ4n) is 4.84. The second-order valence-corrected chi connectivity index (χ2v) is 9.17. The summed E-state index contributed by atoms with van der Waals surface area (Å²) in [6.07, 6.45) is 3.18. The summed E-state index contributed by atoms with van der Waals surface area (Å²) >= 11 is 0. The molecule has 0 bridgehead atoms. The summed E-state index contributed by atoms with van der Waals surface area (Å²) in [6, 6.07) is 9.65. The Labute approximate surface area is 197 Å². The number of fused-ring (bicyclic) bond motifs is 2. The molecule has 0 unspecified atom stereocenters. The Morgan fingerprint density at radius 3 is 2.76 bits per heavy atom. The van der Waals surface area contributed by atoms with Crippen molar-refractivity contribution in [2.75, 3.05) is 20.2 Å². The van der Waals surface area contributed by atoms with Crippen LogP contribution in [-0.2, 0) is 22.5 Å². The van der Waals surface area contributed by atoms with E-state index in [-0.39, 0.29) is 29.7 Å². The number of carbonyl (C=O) groups excluding carboxylic acids is 3. The third-order valence-corrected chi connectivity index (χ3v) is 7.13. The van der Waals surface area contributed by atoms with Crippen LogP contribution in [0.25, 0.3) is 10.9 Å². The molecular weight excluding hydrogens is 434 g/mol. The molecule has 2 amide bonds. The molecule has 1 aliphatic carbocycles. The summed E-state index contributed by atoms with van der Waals surface area (Å²) in [6.45, 7) is 3.02. The first-order chi connectivity index (χ1) is 16.4. The van der Waals surface area contributed by atoms with Crippen LogP contribution in [0.15, 0.2) is 30.3 Å². The number of para-hydroxylation sites is 1. The number of hydrogen-bond acceptors (Lipinski definition) is 5. The third-order valence-electron chi connectivity index (χ3n) is 7.13. The number of aromatic nitrogens is 3. The van der Waals surface area contributed by atoms with Crippen LogP contribution in [0.3, 0.4) is 0 Å². The first-order valence-electron chi connectivity index (χ1n) is 11.8. The molecule has 0 atom stereocenters. The van der Waals surface area contributed by atoms with Gasteiger partial charge in [0.2, 0.25) is 0 Å². The van der Waals surface area contributed by atoms with E-state index in [1.807, 2.05) is 30.3 Å². The molecule has 5 rings (SSSR count). The lowest BCUT2D eigenvalue weighted by Gasteiger charge is -2.29. The van der Waals surface area contributed by atoms with Crippen LogP contribution in [0.2, 0.25) is 0 Å². The fourth-order valence-corrected chi connectivity index (χ4v) is 4.84. The molecule has 1 fully saturated rings. The van der Waals surface area contributed by atoms with Crippen molar-refractivity contribution in [3.05, 3.63) is 53.0 Å². The summed E-state index contributed by atoms with van der Waals surface area (Å²) in [5.41, 5.74) is 3.15. The number of esters is 1. The van der Waals surface area contributed by atoms with Gasteiger partial charge >= 0.3 is 5.97 Å². The number of H-pyrrole nitrogens is 2. The molecule has 9 nitrogen and oxygen atoms in total. The number of rotatable bonds is 7. The summed E-state index contributed by atoms with van der Waals surface area (Å²) < 4.78 is 5.04. The van der Waals surface area contributed by atoms with Gasteiger partial charge in [0.05, 0.1) is 13.2 Å². The van der Waals surface area contributed by atoms with E-state index in [4.69, 9.17) is 4.74 Å². The van der Waals surface area contributed by atoms with Crippen molar-refractivity contribution in [1.29, 1.82) is 0 Å². The molecule has 3 heterocycles. The van der Waals surface area contributed by atoms with E-state index in [9.17, 15) is 14.4 Å². The number of benzene rings is 1. The molecule has 34 heavy (non-hydrogen) atoms. The van der Waals surface area contributed by atoms with Gasteiger partial charge in [-0.25, -0.2) is 0 Å². The van der Waals surface area contributed by atoms with Crippen LogP contribution < -0.4 is 0 Å². The molecule has 178 valence electrons. The molecular formula is C25H29N5O4. The van der Waals surface area contributed by atoms with Gasteiger partial charge < -0.3 is 19.5 Å². The van der Waals surface area contributed by atoms with Crippen LogP contribution in [0.1, 0.15) is 64.8 Å². The van der Waals surface area contributed by atoms with Crippen LogP contribution >= 0.6 is 0 Å². The highest BCUT2D eigenvalue weighted by Gasteiger charge is 2.49. The third kappa shape index (κ3) is 3.95. The molecule has 2 aliphatic rings. The zero-order chi connectivity index (χ0) is 23.9.